The molecule has 2 aromatic carbocycles. The molecule has 7 heteroatoms. The van der Waals surface area contributed by atoms with Gasteiger partial charge in [-0.05, 0) is 48.6 Å². The number of carbonyl (C=O) groups is 1. The predicted octanol–water partition coefficient (Wildman–Crippen LogP) is 2.73. The van der Waals surface area contributed by atoms with Crippen LogP contribution in [0.4, 0.5) is 0 Å². The summed E-state index contributed by atoms with van der Waals surface area (Å²) in [6, 6.07) is 14.6. The molecule has 0 aromatic heterocycles. The van der Waals surface area contributed by atoms with Crippen molar-refractivity contribution in [1.82, 2.24) is 9.62 Å². The Morgan fingerprint density at radius 2 is 1.82 bits per heavy atom. The van der Waals surface area contributed by atoms with Crippen LogP contribution in [0.25, 0.3) is 0 Å². The summed E-state index contributed by atoms with van der Waals surface area (Å²) >= 11 is 0. The van der Waals surface area contributed by atoms with E-state index in [0.29, 0.717) is 31.8 Å². The zero-order chi connectivity index (χ0) is 20.0. The molecular formula is C21H26N2O4S. The number of methoxy groups -OCH3 is 1. The van der Waals surface area contributed by atoms with E-state index in [2.05, 4.69) is 5.32 Å². The van der Waals surface area contributed by atoms with E-state index in [1.807, 2.05) is 30.3 Å². The molecule has 3 rings (SSSR count). The maximum Gasteiger partial charge on any atom is 0.243 e. The highest BCUT2D eigenvalue weighted by atomic mass is 32.2. The molecule has 28 heavy (non-hydrogen) atoms. The number of benzene rings is 2. The van der Waals surface area contributed by atoms with Crippen LogP contribution in [-0.2, 0) is 27.8 Å². The Labute approximate surface area is 166 Å². The maximum atomic E-state index is 12.8. The Morgan fingerprint density at radius 3 is 2.50 bits per heavy atom. The highest BCUT2D eigenvalue weighted by Crippen LogP contribution is 2.27. The highest BCUT2D eigenvalue weighted by Gasteiger charge is 2.27. The first-order chi connectivity index (χ1) is 13.5. The third-order valence-corrected chi connectivity index (χ3v) is 6.80. The van der Waals surface area contributed by atoms with Crippen molar-refractivity contribution in [2.45, 2.75) is 37.1 Å². The monoisotopic (exact) mass is 402 g/mol. The molecule has 1 aliphatic heterocycles. The molecule has 0 spiro atoms. The quantitative estimate of drug-likeness (QED) is 0.737. The number of amides is 1. The molecule has 0 radical (unpaired) electrons. The zero-order valence-corrected chi connectivity index (χ0v) is 16.9. The molecule has 0 aliphatic carbocycles. The molecule has 0 bridgehead atoms. The Morgan fingerprint density at radius 1 is 1.11 bits per heavy atom. The highest BCUT2D eigenvalue weighted by molar-refractivity contribution is 7.89. The second kappa shape index (κ2) is 9.21. The number of nitrogens with zero attached hydrogens (tertiary/aromatic N) is 1. The van der Waals surface area contributed by atoms with Crippen molar-refractivity contribution in [3.8, 4) is 5.75 Å². The van der Waals surface area contributed by atoms with E-state index in [-0.39, 0.29) is 17.2 Å². The number of hydrogen-bond donors (Lipinski definition) is 1. The number of aryl methyl sites for hydroxylation is 1. The molecular weight excluding hydrogens is 376 g/mol. The fourth-order valence-electron chi connectivity index (χ4n) is 3.32. The average molecular weight is 403 g/mol. The van der Waals surface area contributed by atoms with Crippen LogP contribution in [0.15, 0.2) is 53.4 Å². The molecule has 2 aromatic rings. The maximum absolute atomic E-state index is 12.8. The van der Waals surface area contributed by atoms with Crippen LogP contribution in [-0.4, -0.2) is 38.8 Å². The summed E-state index contributed by atoms with van der Waals surface area (Å²) in [5.41, 5.74) is 1.75. The summed E-state index contributed by atoms with van der Waals surface area (Å²) in [5, 5.41) is 2.89. The van der Waals surface area contributed by atoms with Gasteiger partial charge in [-0.2, -0.15) is 4.31 Å². The molecule has 1 fully saturated rings. The van der Waals surface area contributed by atoms with E-state index in [1.165, 1.54) is 4.31 Å². The summed E-state index contributed by atoms with van der Waals surface area (Å²) < 4.78 is 32.5. The third kappa shape index (κ3) is 4.91. The normalized spacial score (nSPS) is 14.8. The Bertz CT molecular complexity index is 907. The summed E-state index contributed by atoms with van der Waals surface area (Å²) in [6.07, 6.45) is 2.46. The second-order valence-electron chi connectivity index (χ2n) is 6.85. The van der Waals surface area contributed by atoms with Crippen LogP contribution in [0.5, 0.6) is 5.75 Å². The van der Waals surface area contributed by atoms with Crippen LogP contribution >= 0.6 is 0 Å². The Kier molecular flexibility index (Phi) is 6.70. The van der Waals surface area contributed by atoms with Gasteiger partial charge in [0.2, 0.25) is 15.9 Å². The molecule has 0 saturated carbocycles. The number of ether oxygens (including phenoxy) is 1. The number of nitrogens with one attached hydrogen (secondary N) is 1. The lowest BCUT2D eigenvalue weighted by Gasteiger charge is -2.17. The van der Waals surface area contributed by atoms with Gasteiger partial charge >= 0.3 is 0 Å². The van der Waals surface area contributed by atoms with Crippen molar-refractivity contribution in [2.75, 3.05) is 20.2 Å². The van der Waals surface area contributed by atoms with E-state index in [1.54, 1.807) is 25.3 Å². The minimum absolute atomic E-state index is 0.0845. The summed E-state index contributed by atoms with van der Waals surface area (Å²) in [7, 11) is -1.95. The number of hydrogen-bond acceptors (Lipinski definition) is 4. The molecule has 1 saturated heterocycles. The van der Waals surface area contributed by atoms with Gasteiger partial charge in [0.1, 0.15) is 5.75 Å². The first kappa shape index (κ1) is 20.4. The molecule has 1 aliphatic rings. The fraction of sp³-hybridized carbons (Fsp3) is 0.381. The van der Waals surface area contributed by atoms with Gasteiger partial charge in [0, 0.05) is 26.1 Å². The SMILES string of the molecule is COc1ccc(S(=O)(=O)N2CCCC2)cc1CCC(=O)NCc1ccccc1. The van der Waals surface area contributed by atoms with Gasteiger partial charge in [-0.25, -0.2) is 8.42 Å². The number of sulfonamides is 1. The van der Waals surface area contributed by atoms with Crippen LogP contribution in [0.2, 0.25) is 0 Å². The van der Waals surface area contributed by atoms with Gasteiger partial charge in [-0.1, -0.05) is 30.3 Å². The first-order valence-electron chi connectivity index (χ1n) is 9.48. The van der Waals surface area contributed by atoms with E-state index in [9.17, 15) is 13.2 Å². The minimum atomic E-state index is -3.49. The summed E-state index contributed by atoms with van der Waals surface area (Å²) in [5.74, 6) is 0.509. The number of rotatable bonds is 8. The van der Waals surface area contributed by atoms with E-state index in [0.717, 1.165) is 24.0 Å². The van der Waals surface area contributed by atoms with Crippen molar-refractivity contribution < 1.29 is 17.9 Å². The van der Waals surface area contributed by atoms with E-state index in [4.69, 9.17) is 4.74 Å². The fourth-order valence-corrected chi connectivity index (χ4v) is 4.89. The summed E-state index contributed by atoms with van der Waals surface area (Å²) in [6.45, 7) is 1.59. The molecule has 6 nitrogen and oxygen atoms in total. The van der Waals surface area contributed by atoms with Crippen LogP contribution in [0.1, 0.15) is 30.4 Å². The van der Waals surface area contributed by atoms with Crippen molar-refractivity contribution in [3.63, 3.8) is 0 Å². The standard InChI is InChI=1S/C21H26N2O4S/c1-27-20-11-10-19(28(25,26)23-13-5-6-14-23)15-18(20)9-12-21(24)22-16-17-7-3-2-4-8-17/h2-4,7-8,10-11,15H,5-6,9,12-14,16H2,1H3,(H,22,24). The van der Waals surface area contributed by atoms with Crippen molar-refractivity contribution in [3.05, 3.63) is 59.7 Å². The number of carbonyl (C=O) groups excluding carboxylic acids is 1. The lowest BCUT2D eigenvalue weighted by atomic mass is 10.1. The van der Waals surface area contributed by atoms with Gasteiger partial charge in [0.25, 0.3) is 0 Å². The summed E-state index contributed by atoms with van der Waals surface area (Å²) in [4.78, 5) is 12.5. The molecule has 150 valence electrons. The average Bonchev–Trinajstić information content (AvgIpc) is 3.27. The van der Waals surface area contributed by atoms with Crippen LogP contribution in [0.3, 0.4) is 0 Å². The molecule has 1 amide bonds. The predicted molar refractivity (Wildman–Crippen MR) is 108 cm³/mol. The van der Waals surface area contributed by atoms with Crippen LogP contribution < -0.4 is 10.1 Å². The molecule has 1 N–H and O–H groups in total. The first-order valence-corrected chi connectivity index (χ1v) is 10.9. The molecule has 0 atom stereocenters. The smallest absolute Gasteiger partial charge is 0.243 e. The minimum Gasteiger partial charge on any atom is -0.496 e. The van der Waals surface area contributed by atoms with E-state index >= 15 is 0 Å². The third-order valence-electron chi connectivity index (χ3n) is 4.91. The van der Waals surface area contributed by atoms with Gasteiger partial charge < -0.3 is 10.1 Å². The lowest BCUT2D eigenvalue weighted by Crippen LogP contribution is -2.28. The topological polar surface area (TPSA) is 75.7 Å². The van der Waals surface area contributed by atoms with Crippen molar-refractivity contribution in [1.29, 1.82) is 0 Å². The van der Waals surface area contributed by atoms with Gasteiger partial charge in [-0.3, -0.25) is 4.79 Å². The largest absolute Gasteiger partial charge is 0.496 e. The lowest BCUT2D eigenvalue weighted by molar-refractivity contribution is -0.121. The van der Waals surface area contributed by atoms with Gasteiger partial charge in [0.15, 0.2) is 0 Å². The Balaban J connectivity index is 1.66. The van der Waals surface area contributed by atoms with E-state index < -0.39 is 10.0 Å². The molecule has 1 heterocycles. The second-order valence-corrected chi connectivity index (χ2v) is 8.79. The van der Waals surface area contributed by atoms with Crippen molar-refractivity contribution in [2.24, 2.45) is 0 Å². The molecule has 0 unspecified atom stereocenters. The zero-order valence-electron chi connectivity index (χ0n) is 16.1. The Hall–Kier alpha value is -2.38. The van der Waals surface area contributed by atoms with Gasteiger partial charge in [-0.15, -0.1) is 0 Å². The van der Waals surface area contributed by atoms with Gasteiger partial charge in [0.05, 0.1) is 12.0 Å². The van der Waals surface area contributed by atoms with Crippen LogP contribution in [0, 0.1) is 0 Å². The van der Waals surface area contributed by atoms with Crippen molar-refractivity contribution >= 4 is 15.9 Å².